The molecule has 0 atom stereocenters. The molecule has 0 bridgehead atoms. The fourth-order valence-electron chi connectivity index (χ4n) is 2.58. The molecular weight excluding hydrogens is 276 g/mol. The number of aromatic nitrogens is 2. The van der Waals surface area contributed by atoms with Gasteiger partial charge in [0.1, 0.15) is 11.3 Å². The van der Waals surface area contributed by atoms with Crippen LogP contribution in [0.15, 0.2) is 42.6 Å². The Labute approximate surface area is 129 Å². The van der Waals surface area contributed by atoms with Crippen LogP contribution in [-0.2, 0) is 0 Å². The summed E-state index contributed by atoms with van der Waals surface area (Å²) in [5.74, 6) is -0.531. The highest BCUT2D eigenvalue weighted by atomic mass is 16.4. The van der Waals surface area contributed by atoms with Gasteiger partial charge in [-0.15, -0.1) is 0 Å². The zero-order chi connectivity index (χ0) is 15.9. The molecule has 4 nitrogen and oxygen atoms in total. The van der Waals surface area contributed by atoms with Gasteiger partial charge in [0, 0.05) is 11.8 Å². The Kier molecular flexibility index (Phi) is 3.45. The number of pyridine rings is 1. The quantitative estimate of drug-likeness (QED) is 0.790. The van der Waals surface area contributed by atoms with Gasteiger partial charge in [-0.25, -0.2) is 9.78 Å². The van der Waals surface area contributed by atoms with Gasteiger partial charge in [0.05, 0.1) is 0 Å². The van der Waals surface area contributed by atoms with Gasteiger partial charge in [0.25, 0.3) is 0 Å². The van der Waals surface area contributed by atoms with Crippen molar-refractivity contribution in [1.82, 2.24) is 9.38 Å². The second-order valence-corrected chi connectivity index (χ2v) is 5.82. The number of fused-ring (bicyclic) bond motifs is 1. The number of carbonyl (C=O) groups is 1. The lowest BCUT2D eigenvalue weighted by atomic mass is 10.0. The monoisotopic (exact) mass is 294 g/mol. The van der Waals surface area contributed by atoms with Crippen molar-refractivity contribution in [1.29, 1.82) is 0 Å². The van der Waals surface area contributed by atoms with Crippen LogP contribution in [-0.4, -0.2) is 20.5 Å². The van der Waals surface area contributed by atoms with Gasteiger partial charge < -0.3 is 5.11 Å². The maximum atomic E-state index is 11.7. The average molecular weight is 294 g/mol. The van der Waals surface area contributed by atoms with Crippen LogP contribution in [0.3, 0.4) is 0 Å². The fourth-order valence-corrected chi connectivity index (χ4v) is 2.58. The molecule has 22 heavy (non-hydrogen) atoms. The van der Waals surface area contributed by atoms with E-state index in [-0.39, 0.29) is 5.69 Å². The predicted molar refractivity (Wildman–Crippen MR) is 86.4 cm³/mol. The fraction of sp³-hybridized carbons (Fsp3) is 0.222. The first-order valence-electron chi connectivity index (χ1n) is 7.29. The predicted octanol–water partition coefficient (Wildman–Crippen LogP) is 4.13. The molecule has 0 aliphatic carbocycles. The highest BCUT2D eigenvalue weighted by molar-refractivity contribution is 5.94. The first kappa shape index (κ1) is 14.3. The molecule has 0 aliphatic heterocycles. The van der Waals surface area contributed by atoms with Crippen molar-refractivity contribution in [2.45, 2.75) is 26.7 Å². The number of rotatable bonds is 3. The molecule has 0 aliphatic rings. The topological polar surface area (TPSA) is 54.6 Å². The summed E-state index contributed by atoms with van der Waals surface area (Å²) in [7, 11) is 0. The lowest BCUT2D eigenvalue weighted by molar-refractivity contribution is 0.0690. The summed E-state index contributed by atoms with van der Waals surface area (Å²) >= 11 is 0. The first-order chi connectivity index (χ1) is 10.5. The van der Waals surface area contributed by atoms with E-state index in [0.717, 1.165) is 11.1 Å². The highest BCUT2D eigenvalue weighted by Crippen LogP contribution is 2.26. The Morgan fingerprint density at radius 2 is 1.86 bits per heavy atom. The van der Waals surface area contributed by atoms with E-state index in [1.54, 1.807) is 10.6 Å². The molecule has 0 amide bonds. The number of aromatic carboxylic acids is 1. The van der Waals surface area contributed by atoms with Crippen LogP contribution < -0.4 is 0 Å². The molecule has 0 unspecified atom stereocenters. The van der Waals surface area contributed by atoms with Gasteiger partial charge in [-0.2, -0.15) is 0 Å². The minimum atomic E-state index is -0.973. The number of nitrogens with zero attached hydrogens (tertiary/aromatic N) is 2. The summed E-state index contributed by atoms with van der Waals surface area (Å²) in [6, 6.07) is 11.7. The summed E-state index contributed by atoms with van der Waals surface area (Å²) in [6.45, 7) is 6.23. The van der Waals surface area contributed by atoms with Crippen molar-refractivity contribution >= 4 is 11.6 Å². The van der Waals surface area contributed by atoms with E-state index < -0.39 is 5.97 Å². The molecule has 0 fully saturated rings. The molecule has 1 N–H and O–H groups in total. The Morgan fingerprint density at radius 3 is 2.45 bits per heavy atom. The zero-order valence-corrected chi connectivity index (χ0v) is 12.9. The normalized spacial score (nSPS) is 11.3. The van der Waals surface area contributed by atoms with Crippen LogP contribution in [0.1, 0.15) is 41.4 Å². The maximum Gasteiger partial charge on any atom is 0.355 e. The van der Waals surface area contributed by atoms with Crippen molar-refractivity contribution in [2.24, 2.45) is 0 Å². The minimum absolute atomic E-state index is 0.201. The molecule has 3 aromatic rings. The molecule has 0 spiro atoms. The van der Waals surface area contributed by atoms with E-state index in [1.165, 1.54) is 5.56 Å². The number of aryl methyl sites for hydroxylation is 1. The minimum Gasteiger partial charge on any atom is -0.476 e. The third-order valence-corrected chi connectivity index (χ3v) is 3.84. The van der Waals surface area contributed by atoms with Gasteiger partial charge in [-0.05, 0) is 36.1 Å². The standard InChI is InChI=1S/C18H18N2O2/c1-11(2)13-4-6-14(7-5-13)16-17(18(21)22)20-9-8-12(3)10-15(20)19-16/h4-11H,1-3H3,(H,21,22). The van der Waals surface area contributed by atoms with Crippen LogP contribution in [0.4, 0.5) is 0 Å². The second kappa shape index (κ2) is 5.30. The van der Waals surface area contributed by atoms with E-state index in [4.69, 9.17) is 0 Å². The van der Waals surface area contributed by atoms with Crippen molar-refractivity contribution in [3.63, 3.8) is 0 Å². The number of benzene rings is 1. The van der Waals surface area contributed by atoms with Crippen LogP contribution in [0.25, 0.3) is 16.9 Å². The molecule has 0 radical (unpaired) electrons. The SMILES string of the molecule is Cc1ccn2c(C(=O)O)c(-c3ccc(C(C)C)cc3)nc2c1. The first-order valence-corrected chi connectivity index (χ1v) is 7.29. The average Bonchev–Trinajstić information content (AvgIpc) is 2.85. The molecule has 1 aromatic carbocycles. The number of hydrogen-bond acceptors (Lipinski definition) is 2. The molecule has 0 saturated heterocycles. The molecule has 2 aromatic heterocycles. The highest BCUT2D eigenvalue weighted by Gasteiger charge is 2.19. The lowest BCUT2D eigenvalue weighted by Crippen LogP contribution is -2.03. The van der Waals surface area contributed by atoms with Crippen LogP contribution in [0.2, 0.25) is 0 Å². The number of carboxylic acid groups (broad SMARTS) is 1. The van der Waals surface area contributed by atoms with Gasteiger partial charge >= 0.3 is 5.97 Å². The van der Waals surface area contributed by atoms with Gasteiger partial charge in [0.15, 0.2) is 5.69 Å². The smallest absolute Gasteiger partial charge is 0.355 e. The zero-order valence-electron chi connectivity index (χ0n) is 12.9. The van der Waals surface area contributed by atoms with E-state index in [0.29, 0.717) is 17.3 Å². The van der Waals surface area contributed by atoms with Crippen LogP contribution in [0, 0.1) is 6.92 Å². The van der Waals surface area contributed by atoms with E-state index in [2.05, 4.69) is 18.8 Å². The van der Waals surface area contributed by atoms with Crippen LogP contribution >= 0.6 is 0 Å². The summed E-state index contributed by atoms with van der Waals surface area (Å²) in [5, 5.41) is 9.57. The third kappa shape index (κ3) is 2.37. The summed E-state index contributed by atoms with van der Waals surface area (Å²) in [5.41, 5.74) is 4.46. The van der Waals surface area contributed by atoms with Gasteiger partial charge in [-0.3, -0.25) is 4.40 Å². The van der Waals surface area contributed by atoms with Gasteiger partial charge in [0.2, 0.25) is 0 Å². The molecular formula is C18H18N2O2. The largest absolute Gasteiger partial charge is 0.476 e. The van der Waals surface area contributed by atoms with E-state index in [9.17, 15) is 9.90 Å². The lowest BCUT2D eigenvalue weighted by Gasteiger charge is -2.06. The Morgan fingerprint density at radius 1 is 1.18 bits per heavy atom. The molecule has 0 saturated carbocycles. The summed E-state index contributed by atoms with van der Waals surface area (Å²) in [6.07, 6.45) is 1.76. The van der Waals surface area contributed by atoms with Crippen molar-refractivity contribution in [3.05, 3.63) is 59.4 Å². The molecule has 3 rings (SSSR count). The summed E-state index contributed by atoms with van der Waals surface area (Å²) < 4.78 is 1.63. The van der Waals surface area contributed by atoms with Crippen molar-refractivity contribution in [3.8, 4) is 11.3 Å². The van der Waals surface area contributed by atoms with Crippen LogP contribution in [0.5, 0.6) is 0 Å². The van der Waals surface area contributed by atoms with E-state index >= 15 is 0 Å². The Balaban J connectivity index is 2.21. The molecule has 4 heteroatoms. The van der Waals surface area contributed by atoms with Crippen molar-refractivity contribution in [2.75, 3.05) is 0 Å². The summed E-state index contributed by atoms with van der Waals surface area (Å²) in [4.78, 5) is 16.2. The van der Waals surface area contributed by atoms with Crippen molar-refractivity contribution < 1.29 is 9.90 Å². The maximum absolute atomic E-state index is 11.7. The Hall–Kier alpha value is -2.62. The number of carboxylic acids is 1. The van der Waals surface area contributed by atoms with E-state index in [1.807, 2.05) is 43.3 Å². The second-order valence-electron chi connectivity index (χ2n) is 5.82. The Bertz CT molecular complexity index is 845. The van der Waals surface area contributed by atoms with Gasteiger partial charge in [-0.1, -0.05) is 38.1 Å². The number of hydrogen-bond donors (Lipinski definition) is 1. The third-order valence-electron chi connectivity index (χ3n) is 3.84. The molecule has 112 valence electrons. The molecule has 2 heterocycles. The number of imidazole rings is 1.